The normalized spacial score (nSPS) is 20.4. The van der Waals surface area contributed by atoms with Gasteiger partial charge in [0.15, 0.2) is 0 Å². The summed E-state index contributed by atoms with van der Waals surface area (Å²) >= 11 is 0. The van der Waals surface area contributed by atoms with Crippen LogP contribution in [0.2, 0.25) is 0 Å². The lowest BCUT2D eigenvalue weighted by Gasteiger charge is -2.28. The van der Waals surface area contributed by atoms with Gasteiger partial charge in [0.1, 0.15) is 0 Å². The van der Waals surface area contributed by atoms with E-state index in [4.69, 9.17) is 0 Å². The molecule has 2 heteroatoms. The van der Waals surface area contributed by atoms with Gasteiger partial charge in [0, 0.05) is 19.1 Å². The molecule has 2 atom stereocenters. The Morgan fingerprint density at radius 2 is 2.10 bits per heavy atom. The van der Waals surface area contributed by atoms with Crippen LogP contribution in [0.25, 0.3) is 0 Å². The Balaban J connectivity index is 1.88. The summed E-state index contributed by atoms with van der Waals surface area (Å²) in [5.74, 6) is 0.620. The molecule has 1 aliphatic rings. The molecule has 1 aromatic carbocycles. The van der Waals surface area contributed by atoms with E-state index < -0.39 is 0 Å². The molecule has 1 N–H and O–H groups in total. The molecule has 2 rings (SSSR count). The first-order valence-corrected chi connectivity index (χ1v) is 8.30. The second kappa shape index (κ2) is 8.43. The van der Waals surface area contributed by atoms with E-state index in [0.29, 0.717) is 5.92 Å². The highest BCUT2D eigenvalue weighted by Gasteiger charge is 2.19. The van der Waals surface area contributed by atoms with Crippen LogP contribution in [0.1, 0.15) is 51.0 Å². The largest absolute Gasteiger partial charge is 0.313 e. The van der Waals surface area contributed by atoms with E-state index in [1.807, 2.05) is 0 Å². The van der Waals surface area contributed by atoms with Crippen LogP contribution in [0.4, 0.5) is 0 Å². The third kappa shape index (κ3) is 4.92. The van der Waals surface area contributed by atoms with Crippen LogP contribution < -0.4 is 5.32 Å². The fraction of sp³-hybridized carbons (Fsp3) is 0.667. The lowest BCUT2D eigenvalue weighted by atomic mass is 10.0. The van der Waals surface area contributed by atoms with Crippen molar-refractivity contribution in [3.63, 3.8) is 0 Å². The molecule has 0 amide bonds. The van der Waals surface area contributed by atoms with E-state index in [1.165, 1.54) is 57.4 Å². The standard InChI is InChI=1S/C18H30N2/c1-3-4-13-20(15-18-11-8-12-19-18)14-16(2)17-9-6-5-7-10-17/h5-7,9-10,16,18-19H,3-4,8,11-15H2,1-2H3. The second-order valence-electron chi connectivity index (χ2n) is 6.22. The van der Waals surface area contributed by atoms with Gasteiger partial charge in [-0.3, -0.25) is 0 Å². The zero-order valence-electron chi connectivity index (χ0n) is 13.1. The number of hydrogen-bond donors (Lipinski definition) is 1. The summed E-state index contributed by atoms with van der Waals surface area (Å²) in [5.41, 5.74) is 1.47. The summed E-state index contributed by atoms with van der Waals surface area (Å²) in [7, 11) is 0. The van der Waals surface area contributed by atoms with Gasteiger partial charge in [0.05, 0.1) is 0 Å². The van der Waals surface area contributed by atoms with Crippen molar-refractivity contribution in [1.82, 2.24) is 10.2 Å². The highest BCUT2D eigenvalue weighted by Crippen LogP contribution is 2.17. The van der Waals surface area contributed by atoms with Gasteiger partial charge < -0.3 is 10.2 Å². The van der Waals surface area contributed by atoms with Crippen LogP contribution >= 0.6 is 0 Å². The molecule has 1 saturated heterocycles. The first-order chi connectivity index (χ1) is 9.79. The predicted octanol–water partition coefficient (Wildman–Crippen LogP) is 3.64. The van der Waals surface area contributed by atoms with Crippen LogP contribution in [0.15, 0.2) is 30.3 Å². The molecular weight excluding hydrogens is 244 g/mol. The molecule has 112 valence electrons. The maximum atomic E-state index is 3.63. The smallest absolute Gasteiger partial charge is 0.0195 e. The summed E-state index contributed by atoms with van der Waals surface area (Å²) < 4.78 is 0. The van der Waals surface area contributed by atoms with Gasteiger partial charge in [0.25, 0.3) is 0 Å². The Labute approximate surface area is 124 Å². The van der Waals surface area contributed by atoms with Crippen molar-refractivity contribution in [1.29, 1.82) is 0 Å². The van der Waals surface area contributed by atoms with Crippen LogP contribution in [0, 0.1) is 0 Å². The van der Waals surface area contributed by atoms with Crippen LogP contribution in [-0.4, -0.2) is 37.1 Å². The molecule has 1 aliphatic heterocycles. The maximum absolute atomic E-state index is 3.63. The third-order valence-corrected chi connectivity index (χ3v) is 4.37. The van der Waals surface area contributed by atoms with Crippen LogP contribution in [0.3, 0.4) is 0 Å². The van der Waals surface area contributed by atoms with Crippen LogP contribution in [0.5, 0.6) is 0 Å². The zero-order chi connectivity index (χ0) is 14.2. The fourth-order valence-electron chi connectivity index (χ4n) is 3.14. The molecule has 0 spiro atoms. The molecule has 2 nitrogen and oxygen atoms in total. The monoisotopic (exact) mass is 274 g/mol. The number of unbranched alkanes of at least 4 members (excludes halogenated alkanes) is 1. The molecule has 2 unspecified atom stereocenters. The van der Waals surface area contributed by atoms with Gasteiger partial charge in [0.2, 0.25) is 0 Å². The van der Waals surface area contributed by atoms with E-state index in [0.717, 1.165) is 6.04 Å². The number of nitrogens with zero attached hydrogens (tertiary/aromatic N) is 1. The van der Waals surface area contributed by atoms with Crippen molar-refractivity contribution in [3.8, 4) is 0 Å². The Kier molecular flexibility index (Phi) is 6.55. The topological polar surface area (TPSA) is 15.3 Å². The van der Waals surface area contributed by atoms with E-state index in [2.05, 4.69) is 54.4 Å². The van der Waals surface area contributed by atoms with Gasteiger partial charge in [-0.05, 0) is 43.8 Å². The third-order valence-electron chi connectivity index (χ3n) is 4.37. The van der Waals surface area contributed by atoms with Crippen molar-refractivity contribution in [2.75, 3.05) is 26.2 Å². The van der Waals surface area contributed by atoms with Gasteiger partial charge in [-0.25, -0.2) is 0 Å². The lowest BCUT2D eigenvalue weighted by molar-refractivity contribution is 0.235. The van der Waals surface area contributed by atoms with Crippen molar-refractivity contribution < 1.29 is 0 Å². The van der Waals surface area contributed by atoms with Gasteiger partial charge in [-0.15, -0.1) is 0 Å². The molecule has 0 saturated carbocycles. The number of nitrogens with one attached hydrogen (secondary N) is 1. The van der Waals surface area contributed by atoms with Crippen molar-refractivity contribution in [3.05, 3.63) is 35.9 Å². The van der Waals surface area contributed by atoms with Crippen LogP contribution in [-0.2, 0) is 0 Å². The Bertz CT molecular complexity index is 357. The quantitative estimate of drug-likeness (QED) is 0.778. The molecule has 20 heavy (non-hydrogen) atoms. The number of hydrogen-bond acceptors (Lipinski definition) is 2. The minimum atomic E-state index is 0.620. The first-order valence-electron chi connectivity index (χ1n) is 8.30. The molecule has 1 fully saturated rings. The van der Waals surface area contributed by atoms with Crippen molar-refractivity contribution in [2.45, 2.75) is 51.5 Å². The van der Waals surface area contributed by atoms with E-state index in [-0.39, 0.29) is 0 Å². The summed E-state index contributed by atoms with van der Waals surface area (Å²) in [6, 6.07) is 11.6. The summed E-state index contributed by atoms with van der Waals surface area (Å²) in [6.07, 6.45) is 5.30. The highest BCUT2D eigenvalue weighted by atomic mass is 15.2. The molecule has 0 aromatic heterocycles. The Morgan fingerprint density at radius 3 is 2.75 bits per heavy atom. The molecule has 0 aliphatic carbocycles. The molecule has 0 radical (unpaired) electrons. The lowest BCUT2D eigenvalue weighted by Crippen LogP contribution is -2.39. The molecule has 1 aromatic rings. The second-order valence-corrected chi connectivity index (χ2v) is 6.22. The van der Waals surface area contributed by atoms with E-state index in [1.54, 1.807) is 0 Å². The SMILES string of the molecule is CCCCN(CC1CCCN1)CC(C)c1ccccc1. The van der Waals surface area contributed by atoms with Crippen molar-refractivity contribution >= 4 is 0 Å². The van der Waals surface area contributed by atoms with E-state index >= 15 is 0 Å². The predicted molar refractivity (Wildman–Crippen MR) is 87.2 cm³/mol. The Hall–Kier alpha value is -0.860. The van der Waals surface area contributed by atoms with Crippen molar-refractivity contribution in [2.24, 2.45) is 0 Å². The van der Waals surface area contributed by atoms with Gasteiger partial charge in [-0.2, -0.15) is 0 Å². The minimum absolute atomic E-state index is 0.620. The average Bonchev–Trinajstić information content (AvgIpc) is 2.98. The Morgan fingerprint density at radius 1 is 1.30 bits per heavy atom. The first kappa shape index (κ1) is 15.5. The molecule has 1 heterocycles. The van der Waals surface area contributed by atoms with Gasteiger partial charge in [-0.1, -0.05) is 50.6 Å². The van der Waals surface area contributed by atoms with E-state index in [9.17, 15) is 0 Å². The minimum Gasteiger partial charge on any atom is -0.313 e. The zero-order valence-corrected chi connectivity index (χ0v) is 13.1. The summed E-state index contributed by atoms with van der Waals surface area (Å²) in [4.78, 5) is 2.67. The summed E-state index contributed by atoms with van der Waals surface area (Å²) in [6.45, 7) is 9.49. The maximum Gasteiger partial charge on any atom is 0.0195 e. The summed E-state index contributed by atoms with van der Waals surface area (Å²) in [5, 5.41) is 3.63. The fourth-order valence-corrected chi connectivity index (χ4v) is 3.14. The highest BCUT2D eigenvalue weighted by molar-refractivity contribution is 5.19. The number of benzene rings is 1. The molecular formula is C18H30N2. The molecule has 0 bridgehead atoms. The van der Waals surface area contributed by atoms with Gasteiger partial charge >= 0.3 is 0 Å². The number of rotatable bonds is 8. The average molecular weight is 274 g/mol.